The zero-order valence-corrected chi connectivity index (χ0v) is 18.5. The van der Waals surface area contributed by atoms with Crippen LogP contribution in [0.15, 0.2) is 47.4 Å². The van der Waals surface area contributed by atoms with Gasteiger partial charge in [0.2, 0.25) is 0 Å². The second-order valence-electron chi connectivity index (χ2n) is 6.95. The van der Waals surface area contributed by atoms with Crippen LogP contribution in [0.3, 0.4) is 0 Å². The van der Waals surface area contributed by atoms with E-state index in [1.54, 1.807) is 31.2 Å². The summed E-state index contributed by atoms with van der Waals surface area (Å²) in [6.45, 7) is 3.55. The van der Waals surface area contributed by atoms with E-state index >= 15 is 0 Å². The van der Waals surface area contributed by atoms with Crippen molar-refractivity contribution in [2.24, 2.45) is 0 Å². The number of nitrogens with zero attached hydrogens (tertiary/aromatic N) is 2. The number of esters is 1. The minimum atomic E-state index is -0.850. The molecule has 1 amide bonds. The number of aliphatic hydroxyl groups is 1. The van der Waals surface area contributed by atoms with Crippen molar-refractivity contribution >= 4 is 51.2 Å². The molecule has 2 aromatic heterocycles. The Hall–Kier alpha value is -3.30. The molecule has 1 aliphatic rings. The lowest BCUT2D eigenvalue weighted by molar-refractivity contribution is -0.132. The molecule has 1 N–H and O–H groups in total. The Bertz CT molecular complexity index is 1210. The van der Waals surface area contributed by atoms with E-state index in [1.165, 1.54) is 23.3 Å². The summed E-state index contributed by atoms with van der Waals surface area (Å²) in [5.74, 6) is -2.42. The quantitative estimate of drug-likeness (QED) is 0.274. The number of benzene rings is 1. The highest BCUT2D eigenvalue weighted by Gasteiger charge is 2.48. The van der Waals surface area contributed by atoms with Gasteiger partial charge in [-0.25, -0.2) is 9.78 Å². The smallest absolute Gasteiger partial charge is 0.350 e. The fourth-order valence-electron chi connectivity index (χ4n) is 3.38. The second kappa shape index (κ2) is 8.09. The van der Waals surface area contributed by atoms with Crippen LogP contribution in [0.25, 0.3) is 5.76 Å². The lowest BCUT2D eigenvalue weighted by Crippen LogP contribution is -2.29. The number of anilines is 1. The number of thiazole rings is 1. The van der Waals surface area contributed by atoms with Gasteiger partial charge in [0.15, 0.2) is 5.13 Å². The average Bonchev–Trinajstić information content (AvgIpc) is 3.47. The number of carbonyl (C=O) groups is 3. The summed E-state index contributed by atoms with van der Waals surface area (Å²) in [5.41, 5.74) is 1.83. The van der Waals surface area contributed by atoms with Crippen LogP contribution in [-0.4, -0.2) is 34.9 Å². The van der Waals surface area contributed by atoms with Crippen molar-refractivity contribution in [2.45, 2.75) is 19.9 Å². The van der Waals surface area contributed by atoms with Crippen LogP contribution in [0.4, 0.5) is 5.13 Å². The van der Waals surface area contributed by atoms with Gasteiger partial charge in [-0.3, -0.25) is 14.5 Å². The van der Waals surface area contributed by atoms with Crippen molar-refractivity contribution in [2.75, 3.05) is 12.0 Å². The molecule has 31 heavy (non-hydrogen) atoms. The van der Waals surface area contributed by atoms with Crippen LogP contribution >= 0.6 is 22.7 Å². The molecule has 1 atom stereocenters. The fourth-order valence-corrected chi connectivity index (χ4v) is 5.22. The van der Waals surface area contributed by atoms with Gasteiger partial charge in [-0.2, -0.15) is 0 Å². The van der Waals surface area contributed by atoms with Crippen LogP contribution in [0.1, 0.15) is 37.4 Å². The number of carbonyl (C=O) groups excluding carboxylic acids is 3. The van der Waals surface area contributed by atoms with Crippen molar-refractivity contribution < 1.29 is 24.2 Å². The van der Waals surface area contributed by atoms with Gasteiger partial charge in [-0.1, -0.05) is 47.2 Å². The minimum absolute atomic E-state index is 0.0104. The van der Waals surface area contributed by atoms with E-state index in [0.717, 1.165) is 16.9 Å². The van der Waals surface area contributed by atoms with Crippen LogP contribution < -0.4 is 4.90 Å². The molecule has 0 aliphatic carbocycles. The zero-order chi connectivity index (χ0) is 22.3. The molecule has 9 heteroatoms. The van der Waals surface area contributed by atoms with Crippen LogP contribution in [0.2, 0.25) is 0 Å². The van der Waals surface area contributed by atoms with E-state index < -0.39 is 23.7 Å². The second-order valence-corrected chi connectivity index (χ2v) is 8.91. The number of amides is 1. The number of aliphatic hydroxyl groups excluding tert-OH is 1. The number of Topliss-reactive ketones (excluding diaryl/α,β-unsaturated/α-hetero) is 1. The monoisotopic (exact) mass is 454 g/mol. The third kappa shape index (κ3) is 3.55. The molecule has 0 radical (unpaired) electrons. The number of aromatic nitrogens is 1. The summed E-state index contributed by atoms with van der Waals surface area (Å²) < 4.78 is 4.78. The molecule has 1 fully saturated rings. The Labute approximate surface area is 186 Å². The van der Waals surface area contributed by atoms with Gasteiger partial charge in [-0.05, 0) is 25.3 Å². The average molecular weight is 455 g/mol. The molecule has 1 aromatic carbocycles. The summed E-state index contributed by atoms with van der Waals surface area (Å²) in [5, 5.41) is 13.0. The largest absolute Gasteiger partial charge is 0.507 e. The van der Waals surface area contributed by atoms with Gasteiger partial charge in [0, 0.05) is 10.4 Å². The van der Waals surface area contributed by atoms with E-state index in [4.69, 9.17) is 4.74 Å². The Balaban J connectivity index is 1.90. The molecule has 0 saturated carbocycles. The lowest BCUT2D eigenvalue weighted by Gasteiger charge is -2.21. The Kier molecular flexibility index (Phi) is 5.47. The summed E-state index contributed by atoms with van der Waals surface area (Å²) in [6.07, 6.45) is 0. The molecule has 1 unspecified atom stereocenters. The highest BCUT2D eigenvalue weighted by molar-refractivity contribution is 7.18. The number of hydrogen-bond donors (Lipinski definition) is 1. The number of ether oxygens (including phenoxy) is 1. The Morgan fingerprint density at radius 3 is 2.48 bits per heavy atom. The number of thiophene rings is 1. The van der Waals surface area contributed by atoms with Crippen LogP contribution in [0.5, 0.6) is 0 Å². The molecular weight excluding hydrogens is 436 g/mol. The molecule has 158 valence electrons. The summed E-state index contributed by atoms with van der Waals surface area (Å²) in [6, 6.07) is 9.78. The van der Waals surface area contributed by atoms with Crippen molar-refractivity contribution in [3.05, 3.63) is 73.9 Å². The molecular formula is C22H18N2O5S2. The summed E-state index contributed by atoms with van der Waals surface area (Å²) >= 11 is 2.33. The molecule has 0 spiro atoms. The molecule has 0 bridgehead atoms. The number of hydrogen-bond acceptors (Lipinski definition) is 8. The van der Waals surface area contributed by atoms with Crippen molar-refractivity contribution in [3.63, 3.8) is 0 Å². The molecule has 1 aliphatic heterocycles. The first kappa shape index (κ1) is 21.0. The van der Waals surface area contributed by atoms with E-state index in [2.05, 4.69) is 4.98 Å². The topological polar surface area (TPSA) is 96.8 Å². The highest BCUT2D eigenvalue weighted by Crippen LogP contribution is 2.45. The van der Waals surface area contributed by atoms with Crippen molar-refractivity contribution in [1.82, 2.24) is 4.98 Å². The molecule has 4 rings (SSSR count). The predicted molar refractivity (Wildman–Crippen MR) is 118 cm³/mol. The van der Waals surface area contributed by atoms with E-state index in [9.17, 15) is 19.5 Å². The SMILES string of the molecule is COC(=O)c1sc(N2C(=O)C(=O)/C(=C(/O)c3ccc(C)cc3)C2c2cccs2)nc1C. The minimum Gasteiger partial charge on any atom is -0.507 e. The van der Waals surface area contributed by atoms with E-state index in [0.29, 0.717) is 16.1 Å². The standard InChI is InChI=1S/C22H18N2O5S2/c1-11-6-8-13(9-7-11)17(25)15-16(14-5-4-10-30-14)24(20(27)18(15)26)22-23-12(2)19(31-22)21(28)29-3/h4-10,16,25H,1-3H3/b17-15+. The third-order valence-corrected chi connectivity index (χ3v) is 7.01. The molecule has 3 heterocycles. The number of rotatable bonds is 4. The molecule has 3 aromatic rings. The van der Waals surface area contributed by atoms with E-state index in [-0.39, 0.29) is 21.3 Å². The van der Waals surface area contributed by atoms with Gasteiger partial charge < -0.3 is 9.84 Å². The Morgan fingerprint density at radius 2 is 1.87 bits per heavy atom. The first-order chi connectivity index (χ1) is 14.8. The maximum Gasteiger partial charge on any atom is 0.350 e. The molecule has 1 saturated heterocycles. The van der Waals surface area contributed by atoms with Crippen LogP contribution in [0, 0.1) is 13.8 Å². The van der Waals surface area contributed by atoms with Gasteiger partial charge in [0.25, 0.3) is 5.78 Å². The lowest BCUT2D eigenvalue weighted by atomic mass is 9.99. The summed E-state index contributed by atoms with van der Waals surface area (Å²) in [7, 11) is 1.26. The number of methoxy groups -OCH3 is 1. The predicted octanol–water partition coefficient (Wildman–Crippen LogP) is 4.23. The fraction of sp³-hybridized carbons (Fsp3) is 0.182. The van der Waals surface area contributed by atoms with Gasteiger partial charge >= 0.3 is 11.9 Å². The number of aryl methyl sites for hydroxylation is 2. The molecule has 7 nitrogen and oxygen atoms in total. The van der Waals surface area contributed by atoms with Gasteiger partial charge in [0.1, 0.15) is 16.7 Å². The third-order valence-electron chi connectivity index (χ3n) is 4.94. The zero-order valence-electron chi connectivity index (χ0n) is 16.9. The Morgan fingerprint density at radius 1 is 1.16 bits per heavy atom. The first-order valence-electron chi connectivity index (χ1n) is 9.30. The number of ketones is 1. The summed E-state index contributed by atoms with van der Waals surface area (Å²) in [4.78, 5) is 44.7. The van der Waals surface area contributed by atoms with Gasteiger partial charge in [-0.15, -0.1) is 11.3 Å². The van der Waals surface area contributed by atoms with Crippen LogP contribution in [-0.2, 0) is 14.3 Å². The maximum atomic E-state index is 13.1. The van der Waals surface area contributed by atoms with Crippen molar-refractivity contribution in [3.8, 4) is 0 Å². The van der Waals surface area contributed by atoms with Crippen molar-refractivity contribution in [1.29, 1.82) is 0 Å². The maximum absolute atomic E-state index is 13.1. The highest BCUT2D eigenvalue weighted by atomic mass is 32.1. The normalized spacial score (nSPS) is 17.9. The van der Waals surface area contributed by atoms with E-state index in [1.807, 2.05) is 24.4 Å². The first-order valence-corrected chi connectivity index (χ1v) is 11.0. The van der Waals surface area contributed by atoms with Gasteiger partial charge in [0.05, 0.1) is 18.4 Å².